The number of ether oxygens (including phenoxy) is 2. The number of likely N-dealkylation sites (tertiary alicyclic amines) is 1. The van der Waals surface area contributed by atoms with Crippen molar-refractivity contribution in [1.29, 1.82) is 0 Å². The second-order valence-electron chi connectivity index (χ2n) is 12.0. The summed E-state index contributed by atoms with van der Waals surface area (Å²) in [7, 11) is 0. The van der Waals surface area contributed by atoms with E-state index in [-0.39, 0.29) is 24.9 Å². The molecule has 12 nitrogen and oxygen atoms in total. The molecule has 2 fully saturated rings. The van der Waals surface area contributed by atoms with E-state index in [4.69, 9.17) is 9.47 Å². The van der Waals surface area contributed by atoms with Crippen LogP contribution in [-0.4, -0.2) is 83.9 Å². The molecule has 0 spiro atoms. The van der Waals surface area contributed by atoms with E-state index in [1.54, 1.807) is 27.7 Å². The fourth-order valence-corrected chi connectivity index (χ4v) is 5.36. The lowest BCUT2D eigenvalue weighted by molar-refractivity contribution is -0.145. The van der Waals surface area contributed by atoms with Gasteiger partial charge in [-0.2, -0.15) is 0 Å². The molecule has 12 heteroatoms. The second-order valence-corrected chi connectivity index (χ2v) is 12.0. The zero-order valence-electron chi connectivity index (χ0n) is 25.5. The molecule has 4 amide bonds. The van der Waals surface area contributed by atoms with Gasteiger partial charge in [-0.15, -0.1) is 0 Å². The molecule has 42 heavy (non-hydrogen) atoms. The van der Waals surface area contributed by atoms with Crippen LogP contribution in [-0.2, 0) is 33.4 Å². The fourth-order valence-electron chi connectivity index (χ4n) is 5.36. The van der Waals surface area contributed by atoms with Crippen molar-refractivity contribution < 1.29 is 38.2 Å². The molecule has 0 radical (unpaired) electrons. The average Bonchev–Trinajstić information content (AvgIpc) is 3.43. The van der Waals surface area contributed by atoms with Crippen LogP contribution in [0, 0.1) is 5.92 Å². The van der Waals surface area contributed by atoms with Crippen molar-refractivity contribution >= 4 is 35.6 Å². The minimum Gasteiger partial charge on any atom is -0.460 e. The first-order valence-electron chi connectivity index (χ1n) is 15.0. The number of carbonyl (C=O) groups excluding carboxylic acids is 6. The maximum absolute atomic E-state index is 13.8. The predicted molar refractivity (Wildman–Crippen MR) is 155 cm³/mol. The lowest BCUT2D eigenvalue weighted by atomic mass is 9.84. The number of esters is 1. The van der Waals surface area contributed by atoms with Crippen molar-refractivity contribution in [2.24, 2.45) is 5.92 Å². The normalized spacial score (nSPS) is 18.8. The highest BCUT2D eigenvalue weighted by molar-refractivity contribution is 6.38. The summed E-state index contributed by atoms with van der Waals surface area (Å²) in [6, 6.07) is -2.82. The second kappa shape index (κ2) is 16.9. The van der Waals surface area contributed by atoms with Gasteiger partial charge in [0.2, 0.25) is 17.6 Å². The number of alkyl carbamates (subject to hydrolysis) is 1. The first kappa shape index (κ1) is 34.8. The van der Waals surface area contributed by atoms with Gasteiger partial charge in [-0.05, 0) is 52.4 Å². The van der Waals surface area contributed by atoms with E-state index in [9.17, 15) is 28.8 Å². The highest BCUT2D eigenvalue weighted by Gasteiger charge is 2.40. The van der Waals surface area contributed by atoms with Crippen LogP contribution in [0.1, 0.15) is 91.9 Å². The molecule has 1 aliphatic heterocycles. The van der Waals surface area contributed by atoms with Crippen LogP contribution >= 0.6 is 0 Å². The van der Waals surface area contributed by atoms with E-state index in [0.29, 0.717) is 32.2 Å². The van der Waals surface area contributed by atoms with Gasteiger partial charge in [0.25, 0.3) is 5.91 Å². The van der Waals surface area contributed by atoms with Gasteiger partial charge in [0, 0.05) is 6.54 Å². The largest absolute Gasteiger partial charge is 0.460 e. The maximum atomic E-state index is 13.8. The molecule has 1 aliphatic carbocycles. The molecular weight excluding hydrogens is 544 g/mol. The Morgan fingerprint density at radius 3 is 2.29 bits per heavy atom. The zero-order valence-corrected chi connectivity index (χ0v) is 25.5. The Kier molecular flexibility index (Phi) is 14.0. The summed E-state index contributed by atoms with van der Waals surface area (Å²) in [6.45, 7) is 10.3. The molecule has 0 aromatic carbocycles. The minimum absolute atomic E-state index is 0.0252. The SMILES string of the molecule is C=CCOC(=O)CNC(=O)C(=O)C(CCC)NC(=O)[C@@H]1CCCN1C(=O)[C@H](CC1CCCCC1)NC(=O)OC(C)(C)C. The highest BCUT2D eigenvalue weighted by Crippen LogP contribution is 2.29. The van der Waals surface area contributed by atoms with Gasteiger partial charge in [-0.1, -0.05) is 58.1 Å². The topological polar surface area (TPSA) is 160 Å². The predicted octanol–water partition coefficient (Wildman–Crippen LogP) is 2.54. The monoisotopic (exact) mass is 592 g/mol. The molecule has 2 aliphatic rings. The Morgan fingerprint density at radius 2 is 1.67 bits per heavy atom. The van der Waals surface area contributed by atoms with Gasteiger partial charge in [-0.3, -0.25) is 24.0 Å². The molecule has 0 aromatic rings. The first-order chi connectivity index (χ1) is 19.9. The molecule has 236 valence electrons. The van der Waals surface area contributed by atoms with Crippen molar-refractivity contribution in [3.05, 3.63) is 12.7 Å². The summed E-state index contributed by atoms with van der Waals surface area (Å²) in [4.78, 5) is 78.3. The summed E-state index contributed by atoms with van der Waals surface area (Å²) in [5.41, 5.74) is -0.738. The number of hydrogen-bond donors (Lipinski definition) is 3. The summed E-state index contributed by atoms with van der Waals surface area (Å²) in [5.74, 6) is -3.26. The number of rotatable bonds is 14. The first-order valence-corrected chi connectivity index (χ1v) is 15.0. The van der Waals surface area contributed by atoms with E-state index in [0.717, 1.165) is 32.1 Å². The number of amides is 4. The lowest BCUT2D eigenvalue weighted by Crippen LogP contribution is -2.57. The Morgan fingerprint density at radius 1 is 0.976 bits per heavy atom. The molecule has 2 rings (SSSR count). The zero-order chi connectivity index (χ0) is 31.3. The van der Waals surface area contributed by atoms with Crippen LogP contribution in [0.15, 0.2) is 12.7 Å². The third-order valence-electron chi connectivity index (χ3n) is 7.31. The van der Waals surface area contributed by atoms with Gasteiger partial charge in [0.15, 0.2) is 0 Å². The summed E-state index contributed by atoms with van der Waals surface area (Å²) < 4.78 is 10.2. The van der Waals surface area contributed by atoms with Crippen LogP contribution in [0.25, 0.3) is 0 Å². The van der Waals surface area contributed by atoms with Crippen LogP contribution in [0.4, 0.5) is 4.79 Å². The molecular formula is C30H48N4O8. The summed E-state index contributed by atoms with van der Waals surface area (Å²) >= 11 is 0. The quantitative estimate of drug-likeness (QED) is 0.158. The van der Waals surface area contributed by atoms with Gasteiger partial charge < -0.3 is 30.3 Å². The molecule has 3 atom stereocenters. The Balaban J connectivity index is 2.11. The molecule has 0 aromatic heterocycles. The van der Waals surface area contributed by atoms with Gasteiger partial charge in [0.1, 0.15) is 30.8 Å². The van der Waals surface area contributed by atoms with Crippen molar-refractivity contribution in [1.82, 2.24) is 20.9 Å². The van der Waals surface area contributed by atoms with Gasteiger partial charge >= 0.3 is 12.1 Å². The highest BCUT2D eigenvalue weighted by atomic mass is 16.6. The van der Waals surface area contributed by atoms with E-state index in [1.165, 1.54) is 11.0 Å². The third-order valence-corrected chi connectivity index (χ3v) is 7.31. The Labute approximate surface area is 248 Å². The standard InChI is InChI=1S/C30H48N4O8/c1-6-12-21(25(36)27(38)31-19-24(35)41-17-7-2)32-26(37)23-15-11-16-34(23)28(39)22(18-20-13-9-8-10-14-20)33-29(40)42-30(3,4)5/h7,20-23H,2,6,8-19H2,1,3-5H3,(H,31,38)(H,32,37)(H,33,40)/t21?,22-,23-/m0/s1. The molecule has 1 saturated carbocycles. The third kappa shape index (κ3) is 11.4. The fraction of sp³-hybridized carbons (Fsp3) is 0.733. The minimum atomic E-state index is -1.12. The number of carbonyl (C=O) groups is 6. The molecule has 1 unspecified atom stereocenters. The number of nitrogens with zero attached hydrogens (tertiary/aromatic N) is 1. The summed E-state index contributed by atoms with van der Waals surface area (Å²) in [5, 5.41) is 7.63. The summed E-state index contributed by atoms with van der Waals surface area (Å²) in [6.07, 6.45) is 8.04. The number of ketones is 1. The van der Waals surface area contributed by atoms with Crippen molar-refractivity contribution in [2.75, 3.05) is 19.7 Å². The van der Waals surface area contributed by atoms with Crippen molar-refractivity contribution in [3.8, 4) is 0 Å². The van der Waals surface area contributed by atoms with Crippen LogP contribution in [0.2, 0.25) is 0 Å². The van der Waals surface area contributed by atoms with Crippen LogP contribution < -0.4 is 16.0 Å². The molecule has 3 N–H and O–H groups in total. The van der Waals surface area contributed by atoms with E-state index >= 15 is 0 Å². The maximum Gasteiger partial charge on any atom is 0.408 e. The number of Topliss-reactive ketones (excluding diaryl/α,β-unsaturated/α-hetero) is 1. The smallest absolute Gasteiger partial charge is 0.408 e. The van der Waals surface area contributed by atoms with E-state index in [1.807, 2.05) is 0 Å². The van der Waals surface area contributed by atoms with E-state index in [2.05, 4.69) is 22.5 Å². The van der Waals surface area contributed by atoms with Gasteiger partial charge in [0.05, 0.1) is 6.04 Å². The van der Waals surface area contributed by atoms with Crippen LogP contribution in [0.5, 0.6) is 0 Å². The van der Waals surface area contributed by atoms with Gasteiger partial charge in [-0.25, -0.2) is 4.79 Å². The van der Waals surface area contributed by atoms with Crippen LogP contribution in [0.3, 0.4) is 0 Å². The average molecular weight is 593 g/mol. The lowest BCUT2D eigenvalue weighted by Gasteiger charge is -2.32. The molecule has 0 bridgehead atoms. The van der Waals surface area contributed by atoms with Crippen molar-refractivity contribution in [3.63, 3.8) is 0 Å². The number of hydrogen-bond acceptors (Lipinski definition) is 8. The van der Waals surface area contributed by atoms with Crippen molar-refractivity contribution in [2.45, 2.75) is 116 Å². The van der Waals surface area contributed by atoms with E-state index < -0.39 is 59.9 Å². The molecule has 1 heterocycles. The Bertz CT molecular complexity index is 986. The Hall–Kier alpha value is -3.44. The number of nitrogens with one attached hydrogen (secondary N) is 3. The molecule has 1 saturated heterocycles.